The summed E-state index contributed by atoms with van der Waals surface area (Å²) in [4.78, 5) is 12.2. The van der Waals surface area contributed by atoms with Crippen LogP contribution in [0.1, 0.15) is 19.8 Å². The van der Waals surface area contributed by atoms with E-state index in [1.807, 2.05) is 0 Å². The lowest BCUT2D eigenvalue weighted by atomic mass is 9.70. The van der Waals surface area contributed by atoms with E-state index in [0.29, 0.717) is 18.8 Å². The molecule has 5 nitrogen and oxygen atoms in total. The highest BCUT2D eigenvalue weighted by Gasteiger charge is 2.61. The Morgan fingerprint density at radius 2 is 2.16 bits per heavy atom. The Labute approximate surface area is 148 Å². The molecular formula is C19H27FO5. The minimum absolute atomic E-state index is 0.0125. The summed E-state index contributed by atoms with van der Waals surface area (Å²) in [7, 11) is 2.94. The van der Waals surface area contributed by atoms with Gasteiger partial charge in [0.15, 0.2) is 12.0 Å². The number of rotatable bonds is 9. The van der Waals surface area contributed by atoms with Crippen LogP contribution < -0.4 is 0 Å². The topological polar surface area (TPSA) is 57.3 Å². The van der Waals surface area contributed by atoms with Gasteiger partial charge in [-0.15, -0.1) is 0 Å². The molecule has 1 saturated carbocycles. The lowest BCUT2D eigenvalue weighted by Crippen LogP contribution is -2.58. The number of alkyl halides is 1. The molecule has 0 aromatic heterocycles. The molecule has 2 rings (SSSR count). The van der Waals surface area contributed by atoms with Gasteiger partial charge < -0.3 is 18.9 Å². The van der Waals surface area contributed by atoms with E-state index in [1.54, 1.807) is 25.2 Å². The predicted molar refractivity (Wildman–Crippen MR) is 91.9 cm³/mol. The van der Waals surface area contributed by atoms with E-state index in [4.69, 9.17) is 18.9 Å². The van der Waals surface area contributed by atoms with Gasteiger partial charge in [-0.2, -0.15) is 0 Å². The molecule has 0 spiro atoms. The second-order valence-corrected chi connectivity index (χ2v) is 6.56. The quantitative estimate of drug-likeness (QED) is 0.362. The van der Waals surface area contributed by atoms with Crippen molar-refractivity contribution in [1.29, 1.82) is 0 Å². The molecule has 25 heavy (non-hydrogen) atoms. The molecule has 0 bridgehead atoms. The normalized spacial score (nSPS) is 38.3. The van der Waals surface area contributed by atoms with Gasteiger partial charge in [0.1, 0.15) is 11.9 Å². The number of ketones is 1. The molecule has 0 N–H and O–H groups in total. The molecule has 1 heterocycles. The first-order valence-corrected chi connectivity index (χ1v) is 8.41. The Balaban J connectivity index is 1.99. The third kappa shape index (κ3) is 4.19. The Hall–Kier alpha value is -1.50. The van der Waals surface area contributed by atoms with Gasteiger partial charge in [0.05, 0.1) is 30.3 Å². The van der Waals surface area contributed by atoms with E-state index >= 15 is 0 Å². The van der Waals surface area contributed by atoms with Crippen molar-refractivity contribution in [3.05, 3.63) is 37.1 Å². The maximum atomic E-state index is 14.1. The van der Waals surface area contributed by atoms with Crippen LogP contribution in [0.5, 0.6) is 0 Å². The number of epoxide rings is 1. The first-order chi connectivity index (χ1) is 11.9. The summed E-state index contributed by atoms with van der Waals surface area (Å²) in [6, 6.07) is 0. The Morgan fingerprint density at radius 1 is 1.44 bits per heavy atom. The first-order valence-electron chi connectivity index (χ1n) is 8.41. The van der Waals surface area contributed by atoms with E-state index in [9.17, 15) is 9.18 Å². The molecule has 0 radical (unpaired) electrons. The van der Waals surface area contributed by atoms with Gasteiger partial charge >= 0.3 is 0 Å². The van der Waals surface area contributed by atoms with E-state index < -0.39 is 23.7 Å². The number of Topliss-reactive ketones (excluding diaryl/α,β-unsaturated/α-hetero) is 1. The van der Waals surface area contributed by atoms with E-state index in [2.05, 4.69) is 13.2 Å². The molecule has 6 atom stereocenters. The number of hydrogen-bond acceptors (Lipinski definition) is 5. The highest BCUT2D eigenvalue weighted by atomic mass is 19.1. The van der Waals surface area contributed by atoms with Gasteiger partial charge in [-0.05, 0) is 19.1 Å². The third-order valence-electron chi connectivity index (χ3n) is 5.06. The van der Waals surface area contributed by atoms with Gasteiger partial charge in [0.25, 0.3) is 0 Å². The number of methoxy groups -OCH3 is 2. The molecule has 140 valence electrons. The van der Waals surface area contributed by atoms with Crippen LogP contribution in [0.3, 0.4) is 0 Å². The fraction of sp³-hybridized carbons (Fsp3) is 0.632. The van der Waals surface area contributed by atoms with Crippen LogP contribution in [-0.2, 0) is 23.7 Å². The molecule has 4 unspecified atom stereocenters. The minimum atomic E-state index is -1.58. The lowest BCUT2D eigenvalue weighted by molar-refractivity contribution is -0.171. The van der Waals surface area contributed by atoms with E-state index in [1.165, 1.54) is 14.2 Å². The van der Waals surface area contributed by atoms with Gasteiger partial charge in [0, 0.05) is 27.1 Å². The second kappa shape index (κ2) is 8.25. The van der Waals surface area contributed by atoms with Crippen LogP contribution in [0.4, 0.5) is 4.39 Å². The van der Waals surface area contributed by atoms with Crippen LogP contribution in [0.2, 0.25) is 0 Å². The molecule has 6 heteroatoms. The highest BCUT2D eigenvalue weighted by Crippen LogP contribution is 2.47. The standard InChI is InChI=1S/C19H27FO5/c1-6-8-12(7-2)24-10-9-14-17(25-14)15-18(22-4)16(21)13(20)11-19(15,3)23-5/h6-8,13-15,17-18H,1-2,9-11H2,3-5H3/b12-8+/t13?,14?,15?,17?,18-,19+/m0/s1. The first kappa shape index (κ1) is 19.8. The zero-order valence-electron chi connectivity index (χ0n) is 15.1. The minimum Gasteiger partial charge on any atom is -0.494 e. The second-order valence-electron chi connectivity index (χ2n) is 6.56. The van der Waals surface area contributed by atoms with E-state index in [0.717, 1.165) is 0 Å². The lowest BCUT2D eigenvalue weighted by Gasteiger charge is -2.44. The Morgan fingerprint density at radius 3 is 2.72 bits per heavy atom. The van der Waals surface area contributed by atoms with Gasteiger partial charge in [-0.1, -0.05) is 19.2 Å². The number of carbonyl (C=O) groups excluding carboxylic acids is 1. The highest BCUT2D eigenvalue weighted by molar-refractivity contribution is 5.89. The largest absolute Gasteiger partial charge is 0.494 e. The number of ether oxygens (including phenoxy) is 4. The van der Waals surface area contributed by atoms with Crippen LogP contribution >= 0.6 is 0 Å². The molecule has 1 aliphatic heterocycles. The zero-order valence-corrected chi connectivity index (χ0v) is 15.1. The van der Waals surface area contributed by atoms with Crippen molar-refractivity contribution in [1.82, 2.24) is 0 Å². The number of hydrogen-bond donors (Lipinski definition) is 0. The molecule has 0 amide bonds. The predicted octanol–water partition coefficient (Wildman–Crippen LogP) is 2.76. The monoisotopic (exact) mass is 354 g/mol. The molecule has 2 aliphatic rings. The Kier molecular flexibility index (Phi) is 6.54. The van der Waals surface area contributed by atoms with E-state index in [-0.39, 0.29) is 24.5 Å². The molecule has 2 fully saturated rings. The van der Waals surface area contributed by atoms with Crippen LogP contribution in [0, 0.1) is 5.92 Å². The van der Waals surface area contributed by atoms with Crippen molar-refractivity contribution in [2.75, 3.05) is 20.8 Å². The van der Waals surface area contributed by atoms with Crippen molar-refractivity contribution >= 4 is 5.78 Å². The van der Waals surface area contributed by atoms with Crippen molar-refractivity contribution < 1.29 is 28.1 Å². The summed E-state index contributed by atoms with van der Waals surface area (Å²) in [5.74, 6) is -0.248. The zero-order chi connectivity index (χ0) is 18.6. The molecule has 0 aromatic carbocycles. The third-order valence-corrected chi connectivity index (χ3v) is 5.06. The summed E-state index contributed by atoms with van der Waals surface area (Å²) < 4.78 is 36.3. The van der Waals surface area contributed by atoms with Crippen LogP contribution in [0.25, 0.3) is 0 Å². The summed E-state index contributed by atoms with van der Waals surface area (Å²) in [5, 5.41) is 0. The van der Waals surface area contributed by atoms with Crippen molar-refractivity contribution in [2.45, 2.75) is 49.9 Å². The van der Waals surface area contributed by atoms with Crippen molar-refractivity contribution in [2.24, 2.45) is 5.92 Å². The molecular weight excluding hydrogens is 327 g/mol. The number of allylic oxidation sites excluding steroid dienone is 3. The van der Waals surface area contributed by atoms with Crippen LogP contribution in [-0.4, -0.2) is 56.7 Å². The maximum absolute atomic E-state index is 14.1. The number of carbonyl (C=O) groups is 1. The summed E-state index contributed by atoms with van der Waals surface area (Å²) in [6.45, 7) is 9.54. The smallest absolute Gasteiger partial charge is 0.196 e. The Bertz CT molecular complexity index is 546. The van der Waals surface area contributed by atoms with Gasteiger partial charge in [-0.3, -0.25) is 4.79 Å². The summed E-state index contributed by atoms with van der Waals surface area (Å²) >= 11 is 0. The van der Waals surface area contributed by atoms with Gasteiger partial charge in [-0.25, -0.2) is 4.39 Å². The van der Waals surface area contributed by atoms with Gasteiger partial charge in [0.2, 0.25) is 0 Å². The fourth-order valence-electron chi connectivity index (χ4n) is 3.56. The van der Waals surface area contributed by atoms with Crippen molar-refractivity contribution in [3.63, 3.8) is 0 Å². The summed E-state index contributed by atoms with van der Waals surface area (Å²) in [5.41, 5.74) is -0.816. The summed E-state index contributed by atoms with van der Waals surface area (Å²) in [6.07, 6.45) is 2.88. The average Bonchev–Trinajstić information content (AvgIpc) is 3.35. The van der Waals surface area contributed by atoms with Crippen molar-refractivity contribution in [3.8, 4) is 0 Å². The average molecular weight is 354 g/mol. The molecule has 0 aromatic rings. The maximum Gasteiger partial charge on any atom is 0.196 e. The van der Waals surface area contributed by atoms with Crippen LogP contribution in [0.15, 0.2) is 37.1 Å². The fourth-order valence-corrected chi connectivity index (χ4v) is 3.56. The molecule has 1 saturated heterocycles. The number of halogens is 1. The molecule has 1 aliphatic carbocycles. The SMILES string of the molecule is C=C/C=C(\C=C)OCCC1OC1C1[C@H](OC)C(=O)C(F)C[C@@]1(C)OC.